The first-order valence-corrected chi connectivity index (χ1v) is 7.61. The van der Waals surface area contributed by atoms with Crippen LogP contribution in [0, 0.1) is 13.8 Å². The Bertz CT molecular complexity index is 404. The number of hydrogen-bond donors (Lipinski definition) is 1. The average Bonchev–Trinajstić information content (AvgIpc) is 2.86. The lowest BCUT2D eigenvalue weighted by atomic mass is 10.1. The molecule has 0 bridgehead atoms. The standard InChI is InChI=1S/C16H24ClNO/c1-11-8-15(9-12(2)16(11)17)19-13(3)10-18-14-6-4-5-7-14/h8-9,13-14,18H,4-7,10H2,1-3H3. The van der Waals surface area contributed by atoms with Gasteiger partial charge in [0.1, 0.15) is 11.9 Å². The van der Waals surface area contributed by atoms with Crippen LogP contribution in [0.1, 0.15) is 43.7 Å². The third kappa shape index (κ3) is 4.12. The second kappa shape index (κ2) is 6.62. The van der Waals surface area contributed by atoms with Gasteiger partial charge in [-0.2, -0.15) is 0 Å². The van der Waals surface area contributed by atoms with E-state index >= 15 is 0 Å². The van der Waals surface area contributed by atoms with Crippen LogP contribution in [0.3, 0.4) is 0 Å². The minimum atomic E-state index is 0.181. The van der Waals surface area contributed by atoms with Gasteiger partial charge in [-0.25, -0.2) is 0 Å². The highest BCUT2D eigenvalue weighted by atomic mass is 35.5. The minimum Gasteiger partial charge on any atom is -0.489 e. The SMILES string of the molecule is Cc1cc(OC(C)CNC2CCCC2)cc(C)c1Cl. The van der Waals surface area contributed by atoms with Gasteiger partial charge in [-0.1, -0.05) is 24.4 Å². The first-order chi connectivity index (χ1) is 9.06. The summed E-state index contributed by atoms with van der Waals surface area (Å²) in [6.45, 7) is 7.06. The van der Waals surface area contributed by atoms with Gasteiger partial charge in [0.05, 0.1) is 0 Å². The van der Waals surface area contributed by atoms with E-state index in [1.54, 1.807) is 0 Å². The zero-order valence-electron chi connectivity index (χ0n) is 12.1. The molecule has 1 saturated carbocycles. The van der Waals surface area contributed by atoms with E-state index in [1.807, 2.05) is 26.0 Å². The summed E-state index contributed by atoms with van der Waals surface area (Å²) in [5, 5.41) is 4.43. The summed E-state index contributed by atoms with van der Waals surface area (Å²) in [6.07, 6.45) is 5.53. The molecule has 0 amide bonds. The molecule has 1 aliphatic rings. The van der Waals surface area contributed by atoms with Crippen molar-refractivity contribution in [2.75, 3.05) is 6.54 Å². The van der Waals surface area contributed by atoms with E-state index in [1.165, 1.54) is 25.7 Å². The Balaban J connectivity index is 1.85. The maximum absolute atomic E-state index is 6.17. The van der Waals surface area contributed by atoms with Crippen molar-refractivity contribution in [1.82, 2.24) is 5.32 Å². The van der Waals surface area contributed by atoms with Gasteiger partial charge in [0.2, 0.25) is 0 Å². The van der Waals surface area contributed by atoms with Crippen LogP contribution in [-0.4, -0.2) is 18.7 Å². The van der Waals surface area contributed by atoms with E-state index in [4.69, 9.17) is 16.3 Å². The van der Waals surface area contributed by atoms with Crippen LogP contribution < -0.4 is 10.1 Å². The molecular weight excluding hydrogens is 258 g/mol. The number of benzene rings is 1. The van der Waals surface area contributed by atoms with Gasteiger partial charge >= 0.3 is 0 Å². The zero-order valence-corrected chi connectivity index (χ0v) is 12.9. The van der Waals surface area contributed by atoms with Crippen molar-refractivity contribution in [3.63, 3.8) is 0 Å². The van der Waals surface area contributed by atoms with Gasteiger partial charge in [0.15, 0.2) is 0 Å². The average molecular weight is 282 g/mol. The molecule has 1 aliphatic carbocycles. The lowest BCUT2D eigenvalue weighted by molar-refractivity contribution is 0.211. The van der Waals surface area contributed by atoms with Gasteiger partial charge in [-0.15, -0.1) is 0 Å². The van der Waals surface area contributed by atoms with Crippen molar-refractivity contribution in [1.29, 1.82) is 0 Å². The highest BCUT2D eigenvalue weighted by molar-refractivity contribution is 6.32. The van der Waals surface area contributed by atoms with Gasteiger partial charge in [0.25, 0.3) is 0 Å². The van der Waals surface area contributed by atoms with Crippen molar-refractivity contribution in [3.8, 4) is 5.75 Å². The van der Waals surface area contributed by atoms with E-state index in [0.29, 0.717) is 6.04 Å². The number of aryl methyl sites for hydroxylation is 2. The number of hydrogen-bond acceptors (Lipinski definition) is 2. The minimum absolute atomic E-state index is 0.181. The predicted molar refractivity (Wildman–Crippen MR) is 81.3 cm³/mol. The first kappa shape index (κ1) is 14.7. The van der Waals surface area contributed by atoms with Crippen molar-refractivity contribution < 1.29 is 4.74 Å². The second-order valence-electron chi connectivity index (χ2n) is 5.69. The zero-order chi connectivity index (χ0) is 13.8. The van der Waals surface area contributed by atoms with Crippen molar-refractivity contribution in [3.05, 3.63) is 28.3 Å². The van der Waals surface area contributed by atoms with Gasteiger partial charge in [0, 0.05) is 17.6 Å². The molecule has 1 atom stereocenters. The molecule has 1 unspecified atom stereocenters. The molecule has 1 fully saturated rings. The maximum Gasteiger partial charge on any atom is 0.120 e. The molecule has 0 radical (unpaired) electrons. The largest absolute Gasteiger partial charge is 0.489 e. The molecule has 2 rings (SSSR count). The fourth-order valence-electron chi connectivity index (χ4n) is 2.71. The summed E-state index contributed by atoms with van der Waals surface area (Å²) in [4.78, 5) is 0. The normalized spacial score (nSPS) is 17.7. The van der Waals surface area contributed by atoms with Crippen molar-refractivity contribution in [2.24, 2.45) is 0 Å². The Morgan fingerprint density at radius 3 is 2.42 bits per heavy atom. The number of ether oxygens (including phenoxy) is 1. The smallest absolute Gasteiger partial charge is 0.120 e. The molecule has 0 saturated heterocycles. The highest BCUT2D eigenvalue weighted by Gasteiger charge is 2.15. The molecule has 106 valence electrons. The molecule has 1 aromatic carbocycles. The summed E-state index contributed by atoms with van der Waals surface area (Å²) in [5.41, 5.74) is 2.15. The molecule has 0 aromatic heterocycles. The lowest BCUT2D eigenvalue weighted by Gasteiger charge is -2.19. The second-order valence-corrected chi connectivity index (χ2v) is 6.07. The summed E-state index contributed by atoms with van der Waals surface area (Å²) in [6, 6.07) is 4.72. The summed E-state index contributed by atoms with van der Waals surface area (Å²) < 4.78 is 5.97. The monoisotopic (exact) mass is 281 g/mol. The van der Waals surface area contributed by atoms with E-state index < -0.39 is 0 Å². The maximum atomic E-state index is 6.17. The topological polar surface area (TPSA) is 21.3 Å². The lowest BCUT2D eigenvalue weighted by Crippen LogP contribution is -2.35. The van der Waals surface area contributed by atoms with E-state index in [-0.39, 0.29) is 6.10 Å². The van der Waals surface area contributed by atoms with E-state index in [9.17, 15) is 0 Å². The molecule has 2 nitrogen and oxygen atoms in total. The molecule has 0 heterocycles. The van der Waals surface area contributed by atoms with E-state index in [2.05, 4.69) is 12.2 Å². The van der Waals surface area contributed by atoms with Crippen molar-refractivity contribution >= 4 is 11.6 Å². The highest BCUT2D eigenvalue weighted by Crippen LogP contribution is 2.26. The molecule has 19 heavy (non-hydrogen) atoms. The van der Waals surface area contributed by atoms with Crippen LogP contribution in [0.4, 0.5) is 0 Å². The number of rotatable bonds is 5. The Morgan fingerprint density at radius 1 is 1.26 bits per heavy atom. The molecule has 0 aliphatic heterocycles. The Labute approximate surface area is 121 Å². The van der Waals surface area contributed by atoms with E-state index in [0.717, 1.165) is 28.4 Å². The first-order valence-electron chi connectivity index (χ1n) is 7.23. The Morgan fingerprint density at radius 2 is 1.84 bits per heavy atom. The predicted octanol–water partition coefficient (Wildman–Crippen LogP) is 4.26. The third-order valence-electron chi connectivity index (χ3n) is 3.80. The fourth-order valence-corrected chi connectivity index (χ4v) is 2.82. The Kier molecular flexibility index (Phi) is 5.12. The van der Waals surface area contributed by atoms with Crippen LogP contribution in [0.25, 0.3) is 0 Å². The summed E-state index contributed by atoms with van der Waals surface area (Å²) in [5.74, 6) is 0.917. The number of nitrogens with one attached hydrogen (secondary N) is 1. The third-order valence-corrected chi connectivity index (χ3v) is 4.39. The number of halogens is 1. The molecule has 1 N–H and O–H groups in total. The summed E-state index contributed by atoms with van der Waals surface area (Å²) in [7, 11) is 0. The van der Waals surface area contributed by atoms with Gasteiger partial charge in [-0.05, 0) is 56.9 Å². The summed E-state index contributed by atoms with van der Waals surface area (Å²) >= 11 is 6.17. The van der Waals surface area contributed by atoms with Crippen LogP contribution >= 0.6 is 11.6 Å². The van der Waals surface area contributed by atoms with Crippen LogP contribution in [0.2, 0.25) is 5.02 Å². The van der Waals surface area contributed by atoms with Crippen molar-refractivity contribution in [2.45, 2.75) is 58.6 Å². The quantitative estimate of drug-likeness (QED) is 0.871. The Hall–Kier alpha value is -0.730. The van der Waals surface area contributed by atoms with Gasteiger partial charge in [-0.3, -0.25) is 0 Å². The van der Waals surface area contributed by atoms with Crippen LogP contribution in [0.5, 0.6) is 5.75 Å². The molecule has 1 aromatic rings. The van der Waals surface area contributed by atoms with Gasteiger partial charge < -0.3 is 10.1 Å². The fraction of sp³-hybridized carbons (Fsp3) is 0.625. The molecular formula is C16H24ClNO. The van der Waals surface area contributed by atoms with Crippen LogP contribution in [-0.2, 0) is 0 Å². The molecule has 0 spiro atoms. The molecule has 3 heteroatoms. The van der Waals surface area contributed by atoms with Crippen LogP contribution in [0.15, 0.2) is 12.1 Å².